The molecule has 150 valence electrons. The van der Waals surface area contributed by atoms with Gasteiger partial charge in [-0.1, -0.05) is 48.5 Å². The highest BCUT2D eigenvalue weighted by Gasteiger charge is 2.21. The van der Waals surface area contributed by atoms with Crippen LogP contribution >= 0.6 is 0 Å². The maximum Gasteiger partial charge on any atom is 0.293 e. The van der Waals surface area contributed by atoms with Crippen molar-refractivity contribution in [3.05, 3.63) is 106 Å². The van der Waals surface area contributed by atoms with Gasteiger partial charge < -0.3 is 16.0 Å². The number of aromatic amines is 1. The number of hydrogen-bond donors (Lipinski definition) is 3. The highest BCUT2D eigenvalue weighted by molar-refractivity contribution is 5.94. The number of anilines is 1. The van der Waals surface area contributed by atoms with E-state index in [4.69, 9.17) is 5.73 Å². The van der Waals surface area contributed by atoms with Crippen LogP contribution in [-0.4, -0.2) is 22.4 Å². The molecule has 1 heterocycles. The lowest BCUT2D eigenvalue weighted by Gasteiger charge is -2.19. The number of nitro benzene ring substituents is 1. The van der Waals surface area contributed by atoms with E-state index < -0.39 is 10.8 Å². The van der Waals surface area contributed by atoms with Crippen molar-refractivity contribution < 1.29 is 9.72 Å². The van der Waals surface area contributed by atoms with Gasteiger partial charge in [0.15, 0.2) is 0 Å². The van der Waals surface area contributed by atoms with Crippen molar-refractivity contribution in [2.24, 2.45) is 5.73 Å². The van der Waals surface area contributed by atoms with Crippen LogP contribution < -0.4 is 11.1 Å². The summed E-state index contributed by atoms with van der Waals surface area (Å²) in [4.78, 5) is 25.7. The lowest BCUT2D eigenvalue weighted by Crippen LogP contribution is -2.16. The molecule has 4 aromatic rings. The Morgan fingerprint density at radius 3 is 2.53 bits per heavy atom. The van der Waals surface area contributed by atoms with Crippen LogP contribution in [-0.2, 0) is 0 Å². The molecule has 3 aromatic carbocycles. The van der Waals surface area contributed by atoms with E-state index in [1.807, 2.05) is 54.7 Å². The molecular weight excluding hydrogens is 380 g/mol. The lowest BCUT2D eigenvalue weighted by atomic mass is 9.91. The van der Waals surface area contributed by atoms with Crippen molar-refractivity contribution in [3.63, 3.8) is 0 Å². The van der Waals surface area contributed by atoms with Gasteiger partial charge in [-0.2, -0.15) is 0 Å². The molecule has 0 fully saturated rings. The number of primary amides is 1. The Labute approximate surface area is 172 Å². The number of rotatable bonds is 7. The first-order valence-electron chi connectivity index (χ1n) is 9.47. The maximum atomic E-state index is 11.5. The Hall–Kier alpha value is -4.13. The van der Waals surface area contributed by atoms with E-state index in [2.05, 4.69) is 16.4 Å². The average Bonchev–Trinajstić information content (AvgIpc) is 3.18. The highest BCUT2D eigenvalue weighted by Crippen LogP contribution is 2.33. The molecule has 0 aliphatic rings. The first-order valence-corrected chi connectivity index (χ1v) is 9.47. The second kappa shape index (κ2) is 8.08. The molecule has 4 N–H and O–H groups in total. The summed E-state index contributed by atoms with van der Waals surface area (Å²) in [6.45, 7) is 0.433. The molecule has 30 heavy (non-hydrogen) atoms. The molecule has 1 atom stereocenters. The van der Waals surface area contributed by atoms with E-state index in [1.165, 1.54) is 18.2 Å². The van der Waals surface area contributed by atoms with Gasteiger partial charge in [-0.05, 0) is 29.3 Å². The van der Waals surface area contributed by atoms with E-state index >= 15 is 0 Å². The quantitative estimate of drug-likeness (QED) is 0.315. The van der Waals surface area contributed by atoms with Gasteiger partial charge in [0.05, 0.1) is 4.92 Å². The number of amides is 1. The predicted molar refractivity (Wildman–Crippen MR) is 117 cm³/mol. The summed E-state index contributed by atoms with van der Waals surface area (Å²) in [6, 6.07) is 22.2. The van der Waals surface area contributed by atoms with Crippen LogP contribution in [0.3, 0.4) is 0 Å². The van der Waals surface area contributed by atoms with Crippen LogP contribution in [0, 0.1) is 10.1 Å². The molecular formula is C23H20N4O3. The molecule has 7 nitrogen and oxygen atoms in total. The first-order chi connectivity index (χ1) is 14.5. The maximum absolute atomic E-state index is 11.5. The number of nitro groups is 1. The molecule has 4 rings (SSSR count). The number of carbonyl (C=O) groups is 1. The summed E-state index contributed by atoms with van der Waals surface area (Å²) in [6.07, 6.45) is 1.98. The van der Waals surface area contributed by atoms with Gasteiger partial charge in [0.1, 0.15) is 5.69 Å². The zero-order valence-electron chi connectivity index (χ0n) is 16.0. The smallest absolute Gasteiger partial charge is 0.293 e. The van der Waals surface area contributed by atoms with E-state index in [0.717, 1.165) is 22.0 Å². The minimum atomic E-state index is -0.703. The van der Waals surface area contributed by atoms with Gasteiger partial charge >= 0.3 is 0 Å². The molecule has 7 heteroatoms. The Bertz CT molecular complexity index is 1220. The van der Waals surface area contributed by atoms with Crippen molar-refractivity contribution in [1.29, 1.82) is 0 Å². The minimum absolute atomic E-state index is 0.0437. The van der Waals surface area contributed by atoms with Gasteiger partial charge in [0.25, 0.3) is 5.69 Å². The van der Waals surface area contributed by atoms with Crippen LogP contribution in [0.5, 0.6) is 0 Å². The number of nitrogens with two attached hydrogens (primary N) is 1. The second-order valence-corrected chi connectivity index (χ2v) is 6.99. The Kier molecular flexibility index (Phi) is 5.17. The number of para-hydroxylation sites is 1. The SMILES string of the molecule is NC(=O)c1ccc(NCC(c2ccccc2)c2c[nH]c3ccccc23)c([N+](=O)[O-])c1. The van der Waals surface area contributed by atoms with Crippen LogP contribution in [0.25, 0.3) is 10.9 Å². The molecule has 1 amide bonds. The molecule has 0 spiro atoms. The number of hydrogen-bond acceptors (Lipinski definition) is 4. The average molecular weight is 400 g/mol. The van der Waals surface area contributed by atoms with Crippen molar-refractivity contribution in [3.8, 4) is 0 Å². The highest BCUT2D eigenvalue weighted by atomic mass is 16.6. The summed E-state index contributed by atoms with van der Waals surface area (Å²) in [5.74, 6) is -0.747. The van der Waals surface area contributed by atoms with E-state index in [0.29, 0.717) is 12.2 Å². The van der Waals surface area contributed by atoms with Gasteiger partial charge in [-0.25, -0.2) is 0 Å². The first kappa shape index (κ1) is 19.2. The number of aromatic nitrogens is 1. The van der Waals surface area contributed by atoms with Crippen LogP contribution in [0.15, 0.2) is 79.0 Å². The van der Waals surface area contributed by atoms with E-state index in [1.54, 1.807) is 0 Å². The van der Waals surface area contributed by atoms with Crippen LogP contribution in [0.2, 0.25) is 0 Å². The number of carbonyl (C=O) groups excluding carboxylic acids is 1. The second-order valence-electron chi connectivity index (χ2n) is 6.99. The standard InChI is InChI=1S/C23H20N4O3/c24-23(28)16-10-11-21(22(12-16)27(29)30)26-13-18(15-6-2-1-3-7-15)19-14-25-20-9-5-4-8-17(19)20/h1-12,14,18,25-26H,13H2,(H2,24,28). The third-order valence-corrected chi connectivity index (χ3v) is 5.17. The molecule has 0 bridgehead atoms. The summed E-state index contributed by atoms with van der Waals surface area (Å²) >= 11 is 0. The van der Waals surface area contributed by atoms with Crippen LogP contribution in [0.1, 0.15) is 27.4 Å². The van der Waals surface area contributed by atoms with Gasteiger partial charge in [0, 0.05) is 41.2 Å². The van der Waals surface area contributed by atoms with Gasteiger partial charge in [-0.3, -0.25) is 14.9 Å². The normalized spacial score (nSPS) is 11.9. The molecule has 0 aliphatic heterocycles. The fourth-order valence-electron chi connectivity index (χ4n) is 3.67. The zero-order chi connectivity index (χ0) is 21.1. The van der Waals surface area contributed by atoms with Crippen molar-refractivity contribution in [2.75, 3.05) is 11.9 Å². The van der Waals surface area contributed by atoms with Gasteiger partial charge in [0.2, 0.25) is 5.91 Å². The topological polar surface area (TPSA) is 114 Å². The lowest BCUT2D eigenvalue weighted by molar-refractivity contribution is -0.384. The summed E-state index contributed by atoms with van der Waals surface area (Å²) in [5, 5.41) is 15.8. The molecule has 1 unspecified atom stereocenters. The monoisotopic (exact) mass is 400 g/mol. The summed E-state index contributed by atoms with van der Waals surface area (Å²) in [5.41, 5.74) is 8.74. The summed E-state index contributed by atoms with van der Waals surface area (Å²) < 4.78 is 0. The third kappa shape index (κ3) is 3.73. The Morgan fingerprint density at radius 2 is 1.80 bits per heavy atom. The minimum Gasteiger partial charge on any atom is -0.379 e. The number of H-pyrrole nitrogens is 1. The van der Waals surface area contributed by atoms with Gasteiger partial charge in [-0.15, -0.1) is 0 Å². The van der Waals surface area contributed by atoms with Crippen molar-refractivity contribution in [1.82, 2.24) is 4.98 Å². The predicted octanol–water partition coefficient (Wildman–Crippen LogP) is 4.42. The number of nitrogens with zero attached hydrogens (tertiary/aromatic N) is 1. The fraction of sp³-hybridized carbons (Fsp3) is 0.0870. The summed E-state index contributed by atoms with van der Waals surface area (Å²) in [7, 11) is 0. The fourth-order valence-corrected chi connectivity index (χ4v) is 3.67. The van der Waals surface area contributed by atoms with E-state index in [9.17, 15) is 14.9 Å². The third-order valence-electron chi connectivity index (χ3n) is 5.17. The Morgan fingerprint density at radius 1 is 1.07 bits per heavy atom. The van der Waals surface area contributed by atoms with Crippen molar-refractivity contribution in [2.45, 2.75) is 5.92 Å². The van der Waals surface area contributed by atoms with E-state index in [-0.39, 0.29) is 17.2 Å². The van der Waals surface area contributed by atoms with Crippen LogP contribution in [0.4, 0.5) is 11.4 Å². The molecule has 1 aromatic heterocycles. The molecule has 0 aliphatic carbocycles. The molecule has 0 saturated heterocycles. The largest absolute Gasteiger partial charge is 0.379 e. The molecule has 0 saturated carbocycles. The Balaban J connectivity index is 1.71. The number of benzene rings is 3. The van der Waals surface area contributed by atoms with Crippen molar-refractivity contribution >= 4 is 28.2 Å². The zero-order valence-corrected chi connectivity index (χ0v) is 16.0. The number of fused-ring (bicyclic) bond motifs is 1. The molecule has 0 radical (unpaired) electrons. The number of nitrogens with one attached hydrogen (secondary N) is 2.